The molecule has 12 heavy (non-hydrogen) atoms. The fourth-order valence-electron chi connectivity index (χ4n) is 0.922. The van der Waals surface area contributed by atoms with Gasteiger partial charge >= 0.3 is 0 Å². The molecule has 0 spiro atoms. The maximum Gasteiger partial charge on any atom is 0.0753 e. The van der Waals surface area contributed by atoms with Crippen molar-refractivity contribution in [3.05, 3.63) is 35.9 Å². The second-order valence-corrected chi connectivity index (χ2v) is 3.11. The highest BCUT2D eigenvalue weighted by Crippen LogP contribution is 1.97. The van der Waals surface area contributed by atoms with Crippen LogP contribution in [0.15, 0.2) is 30.3 Å². The van der Waals surface area contributed by atoms with Crippen molar-refractivity contribution in [3.8, 4) is 0 Å². The van der Waals surface area contributed by atoms with Gasteiger partial charge in [0.15, 0.2) is 0 Å². The fraction of sp³-hybridized carbons (Fsp3) is 0.300. The van der Waals surface area contributed by atoms with E-state index in [9.17, 15) is 0 Å². The van der Waals surface area contributed by atoms with Gasteiger partial charge in [-0.1, -0.05) is 49.5 Å². The minimum Gasteiger partial charge on any atom is -0.376 e. The average molecular weight is 179 g/mol. The van der Waals surface area contributed by atoms with Crippen molar-refractivity contribution in [2.24, 2.45) is 0 Å². The summed E-state index contributed by atoms with van der Waals surface area (Å²) in [5.74, 6) is 0. The van der Waals surface area contributed by atoms with Gasteiger partial charge < -0.3 is 5.32 Å². The predicted octanol–water partition coefficient (Wildman–Crippen LogP) is 2.51. The van der Waals surface area contributed by atoms with Gasteiger partial charge in [0, 0.05) is 6.54 Å². The Morgan fingerprint density at radius 2 is 2.00 bits per heavy atom. The van der Waals surface area contributed by atoms with E-state index < -0.39 is 0 Å². The minimum atomic E-state index is 0.841. The molecule has 1 nitrogen and oxygen atoms in total. The predicted molar refractivity (Wildman–Crippen MR) is 56.2 cm³/mol. The van der Waals surface area contributed by atoms with Crippen LogP contribution < -0.4 is 5.32 Å². The van der Waals surface area contributed by atoms with Crippen LogP contribution in [0.1, 0.15) is 18.9 Å². The Hall–Kier alpha value is -0.890. The van der Waals surface area contributed by atoms with E-state index in [0.29, 0.717) is 0 Å². The van der Waals surface area contributed by atoms with Crippen LogP contribution in [0.25, 0.3) is 0 Å². The lowest BCUT2D eigenvalue weighted by Crippen LogP contribution is -2.19. The highest BCUT2D eigenvalue weighted by molar-refractivity contribution is 7.80. The Kier molecular flexibility index (Phi) is 3.74. The van der Waals surface area contributed by atoms with Gasteiger partial charge in [-0.05, 0) is 12.0 Å². The first-order valence-corrected chi connectivity index (χ1v) is 4.54. The standard InChI is InChI=1S/C10H13NS/c1-2-10(12)11-8-9-6-4-3-5-7-9/h3-7H,2,8H2,1H3,(H,11,12). The smallest absolute Gasteiger partial charge is 0.0753 e. The number of hydrogen-bond acceptors (Lipinski definition) is 1. The third-order valence-corrected chi connectivity index (χ3v) is 2.09. The first-order valence-electron chi connectivity index (χ1n) is 4.13. The zero-order chi connectivity index (χ0) is 8.81. The zero-order valence-electron chi connectivity index (χ0n) is 7.21. The van der Waals surface area contributed by atoms with Crippen molar-refractivity contribution in [3.63, 3.8) is 0 Å². The van der Waals surface area contributed by atoms with Crippen LogP contribution in [0.4, 0.5) is 0 Å². The summed E-state index contributed by atoms with van der Waals surface area (Å²) in [7, 11) is 0. The van der Waals surface area contributed by atoms with E-state index in [2.05, 4.69) is 24.4 Å². The third kappa shape index (κ3) is 3.01. The highest BCUT2D eigenvalue weighted by atomic mass is 32.1. The zero-order valence-corrected chi connectivity index (χ0v) is 8.03. The monoisotopic (exact) mass is 179 g/mol. The summed E-state index contributed by atoms with van der Waals surface area (Å²) < 4.78 is 0. The van der Waals surface area contributed by atoms with Gasteiger partial charge in [-0.2, -0.15) is 0 Å². The highest BCUT2D eigenvalue weighted by Gasteiger charge is 1.91. The van der Waals surface area contributed by atoms with Crippen molar-refractivity contribution >= 4 is 17.2 Å². The molecule has 0 aliphatic rings. The van der Waals surface area contributed by atoms with E-state index in [4.69, 9.17) is 12.2 Å². The van der Waals surface area contributed by atoms with Crippen molar-refractivity contribution < 1.29 is 0 Å². The van der Waals surface area contributed by atoms with Crippen molar-refractivity contribution in [2.45, 2.75) is 19.9 Å². The maximum atomic E-state index is 5.04. The normalized spacial score (nSPS) is 9.42. The number of hydrogen-bond donors (Lipinski definition) is 1. The Morgan fingerprint density at radius 1 is 1.33 bits per heavy atom. The molecule has 0 radical (unpaired) electrons. The first kappa shape index (κ1) is 9.20. The molecule has 0 bridgehead atoms. The van der Waals surface area contributed by atoms with Gasteiger partial charge in [0.2, 0.25) is 0 Å². The second kappa shape index (κ2) is 4.88. The van der Waals surface area contributed by atoms with Gasteiger partial charge in [-0.3, -0.25) is 0 Å². The molecule has 1 aromatic rings. The molecule has 2 heteroatoms. The molecule has 1 rings (SSSR count). The van der Waals surface area contributed by atoms with Crippen molar-refractivity contribution in [1.29, 1.82) is 0 Å². The molecular formula is C10H13NS. The number of nitrogens with one attached hydrogen (secondary N) is 1. The van der Waals surface area contributed by atoms with Crippen LogP contribution in [0.5, 0.6) is 0 Å². The molecule has 0 amide bonds. The summed E-state index contributed by atoms with van der Waals surface area (Å²) in [6.45, 7) is 2.90. The number of thiocarbonyl (C=S) groups is 1. The van der Waals surface area contributed by atoms with E-state index in [1.807, 2.05) is 18.2 Å². The SMILES string of the molecule is CCC(=S)NCc1ccccc1. The Balaban J connectivity index is 2.38. The summed E-state index contributed by atoms with van der Waals surface area (Å²) in [5, 5.41) is 3.18. The number of benzene rings is 1. The topological polar surface area (TPSA) is 12.0 Å². The average Bonchev–Trinajstić information content (AvgIpc) is 2.16. The molecule has 0 fully saturated rings. The van der Waals surface area contributed by atoms with Crippen LogP contribution in [0.2, 0.25) is 0 Å². The van der Waals surface area contributed by atoms with Crippen LogP contribution in [-0.4, -0.2) is 4.99 Å². The largest absolute Gasteiger partial charge is 0.376 e. The molecule has 0 aliphatic carbocycles. The van der Waals surface area contributed by atoms with Gasteiger partial charge in [-0.25, -0.2) is 0 Å². The summed E-state index contributed by atoms with van der Waals surface area (Å²) in [5.41, 5.74) is 1.27. The summed E-state index contributed by atoms with van der Waals surface area (Å²) in [4.78, 5) is 0.929. The molecule has 0 unspecified atom stereocenters. The van der Waals surface area contributed by atoms with E-state index in [-0.39, 0.29) is 0 Å². The maximum absolute atomic E-state index is 5.04. The molecule has 1 aromatic carbocycles. The van der Waals surface area contributed by atoms with Crippen LogP contribution >= 0.6 is 12.2 Å². The second-order valence-electron chi connectivity index (χ2n) is 2.62. The lowest BCUT2D eigenvalue weighted by Gasteiger charge is -2.04. The van der Waals surface area contributed by atoms with Crippen LogP contribution in [0.3, 0.4) is 0 Å². The summed E-state index contributed by atoms with van der Waals surface area (Å²) in [6.07, 6.45) is 0.919. The van der Waals surface area contributed by atoms with E-state index >= 15 is 0 Å². The van der Waals surface area contributed by atoms with Gasteiger partial charge in [0.25, 0.3) is 0 Å². The van der Waals surface area contributed by atoms with Gasteiger partial charge in [-0.15, -0.1) is 0 Å². The van der Waals surface area contributed by atoms with E-state index in [0.717, 1.165) is 18.0 Å². The lowest BCUT2D eigenvalue weighted by molar-refractivity contribution is 0.907. The van der Waals surface area contributed by atoms with Crippen LogP contribution in [-0.2, 0) is 6.54 Å². The molecule has 0 saturated carbocycles. The number of rotatable bonds is 3. The van der Waals surface area contributed by atoms with E-state index in [1.54, 1.807) is 0 Å². The quantitative estimate of drug-likeness (QED) is 0.715. The van der Waals surface area contributed by atoms with Crippen molar-refractivity contribution in [1.82, 2.24) is 5.32 Å². The first-order chi connectivity index (χ1) is 5.83. The molecule has 0 aliphatic heterocycles. The fourth-order valence-corrected chi connectivity index (χ4v) is 0.994. The molecule has 0 heterocycles. The summed E-state index contributed by atoms with van der Waals surface area (Å²) in [6, 6.07) is 10.3. The molecule has 64 valence electrons. The Bertz CT molecular complexity index is 243. The summed E-state index contributed by atoms with van der Waals surface area (Å²) >= 11 is 5.04. The Labute approximate surface area is 78.8 Å². The van der Waals surface area contributed by atoms with Gasteiger partial charge in [0.05, 0.1) is 4.99 Å². The molecule has 0 atom stereocenters. The molecular weight excluding hydrogens is 166 g/mol. The molecule has 1 N–H and O–H groups in total. The molecule has 0 saturated heterocycles. The Morgan fingerprint density at radius 3 is 2.58 bits per heavy atom. The third-order valence-electron chi connectivity index (χ3n) is 1.65. The van der Waals surface area contributed by atoms with Crippen LogP contribution in [0, 0.1) is 0 Å². The molecule has 0 aromatic heterocycles. The van der Waals surface area contributed by atoms with Gasteiger partial charge in [0.1, 0.15) is 0 Å². The lowest BCUT2D eigenvalue weighted by atomic mass is 10.2. The van der Waals surface area contributed by atoms with Crippen molar-refractivity contribution in [2.75, 3.05) is 0 Å². The minimum absolute atomic E-state index is 0.841. The van der Waals surface area contributed by atoms with E-state index in [1.165, 1.54) is 5.56 Å².